The van der Waals surface area contributed by atoms with E-state index in [2.05, 4.69) is 15.8 Å². The molecule has 3 N–H and O–H groups in total. The van der Waals surface area contributed by atoms with Gasteiger partial charge in [0.25, 0.3) is 0 Å². The number of nitrogens with zero attached hydrogens (tertiary/aromatic N) is 1. The van der Waals surface area contributed by atoms with Crippen LogP contribution >= 0.6 is 0 Å². The van der Waals surface area contributed by atoms with Crippen molar-refractivity contribution in [3.8, 4) is 0 Å². The third-order valence-electron chi connectivity index (χ3n) is 4.08. The Labute approximate surface area is 118 Å². The van der Waals surface area contributed by atoms with Crippen molar-refractivity contribution in [3.05, 3.63) is 17.0 Å². The van der Waals surface area contributed by atoms with Gasteiger partial charge < -0.3 is 20.3 Å². The molecule has 0 saturated heterocycles. The average molecular weight is 281 g/mol. The summed E-state index contributed by atoms with van der Waals surface area (Å²) in [5.74, 6) is 0.798. The average Bonchev–Trinajstić information content (AvgIpc) is 3.00. The van der Waals surface area contributed by atoms with E-state index in [9.17, 15) is 9.90 Å². The number of carbonyl (C=O) groups is 1. The molecule has 1 fully saturated rings. The predicted molar refractivity (Wildman–Crippen MR) is 74.5 cm³/mol. The van der Waals surface area contributed by atoms with Gasteiger partial charge in [0.1, 0.15) is 5.76 Å². The maximum Gasteiger partial charge on any atom is 0.315 e. The number of aryl methyl sites for hydroxylation is 2. The van der Waals surface area contributed by atoms with Crippen molar-refractivity contribution in [2.24, 2.45) is 0 Å². The molecular weight excluding hydrogens is 258 g/mol. The summed E-state index contributed by atoms with van der Waals surface area (Å²) in [5, 5.41) is 19.1. The van der Waals surface area contributed by atoms with Crippen molar-refractivity contribution >= 4 is 6.03 Å². The van der Waals surface area contributed by atoms with E-state index >= 15 is 0 Å². The molecule has 1 aliphatic rings. The highest BCUT2D eigenvalue weighted by atomic mass is 16.5. The van der Waals surface area contributed by atoms with Crippen molar-refractivity contribution < 1.29 is 14.4 Å². The molecule has 6 heteroatoms. The fraction of sp³-hybridized carbons (Fsp3) is 0.714. The molecule has 0 unspecified atom stereocenters. The minimum atomic E-state index is -0.423. The largest absolute Gasteiger partial charge is 0.394 e. The summed E-state index contributed by atoms with van der Waals surface area (Å²) in [6.07, 6.45) is 4.50. The Bertz CT molecular complexity index is 445. The third-order valence-corrected chi connectivity index (χ3v) is 4.08. The lowest BCUT2D eigenvalue weighted by Gasteiger charge is -2.27. The summed E-state index contributed by atoms with van der Waals surface area (Å²) in [7, 11) is 0. The first-order valence-corrected chi connectivity index (χ1v) is 7.15. The Morgan fingerprint density at radius 3 is 2.65 bits per heavy atom. The second-order valence-electron chi connectivity index (χ2n) is 5.58. The zero-order chi connectivity index (χ0) is 14.6. The molecule has 1 aliphatic carbocycles. The molecule has 1 saturated carbocycles. The number of aliphatic hydroxyl groups excluding tert-OH is 1. The minimum absolute atomic E-state index is 0.00425. The predicted octanol–water partition coefficient (Wildman–Crippen LogP) is 1.44. The molecule has 0 atom stereocenters. The summed E-state index contributed by atoms with van der Waals surface area (Å²) in [6, 6.07) is -0.215. The fourth-order valence-electron chi connectivity index (χ4n) is 2.82. The molecule has 20 heavy (non-hydrogen) atoms. The lowest BCUT2D eigenvalue weighted by atomic mass is 9.99. The molecular formula is C14H23N3O3. The maximum absolute atomic E-state index is 11.9. The van der Waals surface area contributed by atoms with E-state index < -0.39 is 5.54 Å². The highest BCUT2D eigenvalue weighted by molar-refractivity contribution is 5.74. The molecule has 1 aromatic rings. The smallest absolute Gasteiger partial charge is 0.315 e. The topological polar surface area (TPSA) is 87.4 Å². The van der Waals surface area contributed by atoms with Crippen LogP contribution in [0, 0.1) is 13.8 Å². The molecule has 1 heterocycles. The van der Waals surface area contributed by atoms with Gasteiger partial charge in [-0.1, -0.05) is 18.0 Å². The number of nitrogens with one attached hydrogen (secondary N) is 2. The lowest BCUT2D eigenvalue weighted by molar-refractivity contribution is 0.163. The van der Waals surface area contributed by atoms with Crippen molar-refractivity contribution in [2.45, 2.75) is 51.5 Å². The Kier molecular flexibility index (Phi) is 4.65. The zero-order valence-electron chi connectivity index (χ0n) is 12.2. The van der Waals surface area contributed by atoms with Crippen LogP contribution in [0.4, 0.5) is 4.79 Å². The monoisotopic (exact) mass is 281 g/mol. The standard InChI is InChI=1S/C14H23N3O3/c1-10-12(11(2)20-17-10)5-8-15-13(19)16-14(9-18)6-3-4-7-14/h18H,3-9H2,1-2H3,(H2,15,16,19). The number of urea groups is 1. The number of amides is 2. The second-order valence-corrected chi connectivity index (χ2v) is 5.58. The summed E-state index contributed by atoms with van der Waals surface area (Å²) in [5.41, 5.74) is 1.49. The molecule has 0 radical (unpaired) electrons. The summed E-state index contributed by atoms with van der Waals surface area (Å²) >= 11 is 0. The lowest BCUT2D eigenvalue weighted by Crippen LogP contribution is -2.53. The molecule has 2 rings (SSSR count). The van der Waals surface area contributed by atoms with Crippen LogP contribution < -0.4 is 10.6 Å². The van der Waals surface area contributed by atoms with Gasteiger partial charge in [0.15, 0.2) is 0 Å². The van der Waals surface area contributed by atoms with Crippen molar-refractivity contribution in [2.75, 3.05) is 13.2 Å². The van der Waals surface area contributed by atoms with Gasteiger partial charge in [-0.3, -0.25) is 0 Å². The molecule has 2 amide bonds. The van der Waals surface area contributed by atoms with Gasteiger partial charge in [-0.05, 0) is 33.1 Å². The second kappa shape index (κ2) is 6.26. The van der Waals surface area contributed by atoms with Crippen LogP contribution in [0.3, 0.4) is 0 Å². The first-order chi connectivity index (χ1) is 9.56. The molecule has 0 bridgehead atoms. The highest BCUT2D eigenvalue weighted by Gasteiger charge is 2.34. The summed E-state index contributed by atoms with van der Waals surface area (Å²) in [6.45, 7) is 4.29. The zero-order valence-corrected chi connectivity index (χ0v) is 12.2. The van der Waals surface area contributed by atoms with E-state index in [-0.39, 0.29) is 12.6 Å². The van der Waals surface area contributed by atoms with Gasteiger partial charge in [0, 0.05) is 12.1 Å². The fourth-order valence-corrected chi connectivity index (χ4v) is 2.82. The quantitative estimate of drug-likeness (QED) is 0.762. The van der Waals surface area contributed by atoms with Crippen LogP contribution in [0.2, 0.25) is 0 Å². The van der Waals surface area contributed by atoms with Gasteiger partial charge in [0.2, 0.25) is 0 Å². The first kappa shape index (κ1) is 14.8. The Morgan fingerprint density at radius 1 is 1.40 bits per heavy atom. The van der Waals surface area contributed by atoms with Gasteiger partial charge in [0.05, 0.1) is 17.8 Å². The normalized spacial score (nSPS) is 17.1. The molecule has 1 aromatic heterocycles. The SMILES string of the molecule is Cc1noc(C)c1CCNC(=O)NC1(CO)CCCC1. The van der Waals surface area contributed by atoms with Crippen molar-refractivity contribution in [1.82, 2.24) is 15.8 Å². The number of carbonyl (C=O) groups excluding carboxylic acids is 1. The number of hydrogen-bond acceptors (Lipinski definition) is 4. The van der Waals surface area contributed by atoms with Gasteiger partial charge in [-0.2, -0.15) is 0 Å². The Balaban J connectivity index is 1.78. The molecule has 0 aromatic carbocycles. The number of hydrogen-bond donors (Lipinski definition) is 3. The molecule has 6 nitrogen and oxygen atoms in total. The number of aliphatic hydroxyl groups is 1. The van der Waals surface area contributed by atoms with Crippen LogP contribution in [0.25, 0.3) is 0 Å². The van der Waals surface area contributed by atoms with Gasteiger partial charge in [-0.25, -0.2) is 4.79 Å². The minimum Gasteiger partial charge on any atom is -0.394 e. The maximum atomic E-state index is 11.9. The van der Waals surface area contributed by atoms with Crippen LogP contribution in [0.1, 0.15) is 42.7 Å². The third kappa shape index (κ3) is 3.30. The van der Waals surface area contributed by atoms with E-state index in [1.807, 2.05) is 13.8 Å². The summed E-state index contributed by atoms with van der Waals surface area (Å²) < 4.78 is 5.08. The number of rotatable bonds is 5. The van der Waals surface area contributed by atoms with Crippen LogP contribution in [0.5, 0.6) is 0 Å². The van der Waals surface area contributed by atoms with Crippen molar-refractivity contribution in [1.29, 1.82) is 0 Å². The van der Waals surface area contributed by atoms with Crippen LogP contribution in [-0.4, -0.2) is 35.0 Å². The molecule has 112 valence electrons. The number of aromatic nitrogens is 1. The van der Waals surface area contributed by atoms with E-state index in [1.54, 1.807) is 0 Å². The summed E-state index contributed by atoms with van der Waals surface area (Å²) in [4.78, 5) is 11.9. The Morgan fingerprint density at radius 2 is 2.10 bits per heavy atom. The van der Waals surface area contributed by atoms with Crippen LogP contribution in [0.15, 0.2) is 4.52 Å². The van der Waals surface area contributed by atoms with E-state index in [0.29, 0.717) is 13.0 Å². The first-order valence-electron chi connectivity index (χ1n) is 7.15. The van der Waals surface area contributed by atoms with Gasteiger partial charge >= 0.3 is 6.03 Å². The van der Waals surface area contributed by atoms with E-state index in [1.165, 1.54) is 0 Å². The Hall–Kier alpha value is -1.56. The van der Waals surface area contributed by atoms with Gasteiger partial charge in [-0.15, -0.1) is 0 Å². The van der Waals surface area contributed by atoms with Crippen molar-refractivity contribution in [3.63, 3.8) is 0 Å². The molecule has 0 spiro atoms. The van der Waals surface area contributed by atoms with E-state index in [0.717, 1.165) is 42.7 Å². The highest BCUT2D eigenvalue weighted by Crippen LogP contribution is 2.28. The van der Waals surface area contributed by atoms with E-state index in [4.69, 9.17) is 4.52 Å². The molecule has 0 aliphatic heterocycles. The van der Waals surface area contributed by atoms with Crippen LogP contribution in [-0.2, 0) is 6.42 Å².